The number of amides is 1. The van der Waals surface area contributed by atoms with Gasteiger partial charge < -0.3 is 30.4 Å². The number of aliphatic hydroxyl groups is 1. The Labute approximate surface area is 146 Å². The highest BCUT2D eigenvalue weighted by molar-refractivity contribution is 5.75. The van der Waals surface area contributed by atoms with Crippen LogP contribution in [0.1, 0.15) is 44.9 Å². The predicted octanol–water partition coefficient (Wildman–Crippen LogP) is 0.834. The summed E-state index contributed by atoms with van der Waals surface area (Å²) in [6.07, 6.45) is 6.79. The van der Waals surface area contributed by atoms with Gasteiger partial charge >= 0.3 is 0 Å². The first-order valence-electron chi connectivity index (χ1n) is 9.12. The highest BCUT2D eigenvalue weighted by Crippen LogP contribution is 2.06. The molecule has 0 aromatic rings. The molecule has 0 aromatic carbocycles. The minimum absolute atomic E-state index is 0.0854. The summed E-state index contributed by atoms with van der Waals surface area (Å²) in [7, 11) is 0. The van der Waals surface area contributed by atoms with Crippen LogP contribution in [0, 0.1) is 0 Å². The molecule has 0 spiro atoms. The monoisotopic (exact) mass is 348 g/mol. The van der Waals surface area contributed by atoms with E-state index in [9.17, 15) is 4.79 Å². The van der Waals surface area contributed by atoms with Crippen LogP contribution in [-0.2, 0) is 19.0 Å². The smallest absolute Gasteiger partial charge is 0.220 e. The summed E-state index contributed by atoms with van der Waals surface area (Å²) in [6.45, 7) is 4.53. The second-order valence-electron chi connectivity index (χ2n) is 5.57. The van der Waals surface area contributed by atoms with Crippen molar-refractivity contribution in [2.75, 3.05) is 59.3 Å². The third kappa shape index (κ3) is 19.3. The van der Waals surface area contributed by atoms with Gasteiger partial charge in [-0.1, -0.05) is 25.7 Å². The standard InChI is InChI=1S/C17H36N2O5/c18-8-11-22-13-15-24-16-14-23-12-9-19-17(21)7-5-3-1-2-4-6-10-20/h20H,1-16,18H2,(H,19,21). The summed E-state index contributed by atoms with van der Waals surface area (Å²) >= 11 is 0. The van der Waals surface area contributed by atoms with Gasteiger partial charge in [-0.2, -0.15) is 0 Å². The molecule has 0 unspecified atom stereocenters. The zero-order valence-electron chi connectivity index (χ0n) is 15.0. The Hall–Kier alpha value is -0.730. The molecule has 0 radical (unpaired) electrons. The van der Waals surface area contributed by atoms with Crippen molar-refractivity contribution >= 4 is 5.91 Å². The van der Waals surface area contributed by atoms with Crippen LogP contribution in [0.3, 0.4) is 0 Å². The maximum Gasteiger partial charge on any atom is 0.220 e. The SMILES string of the molecule is NCCOCCOCCOCCNC(=O)CCCCCCCCO. The Bertz CT molecular complexity index is 267. The molecule has 24 heavy (non-hydrogen) atoms. The molecular formula is C17H36N2O5. The number of nitrogens with one attached hydrogen (secondary N) is 1. The van der Waals surface area contributed by atoms with E-state index in [-0.39, 0.29) is 12.5 Å². The van der Waals surface area contributed by atoms with Gasteiger partial charge in [0, 0.05) is 26.1 Å². The molecule has 0 saturated carbocycles. The Morgan fingerprint density at radius 3 is 1.96 bits per heavy atom. The third-order valence-corrected chi connectivity index (χ3v) is 3.39. The lowest BCUT2D eigenvalue weighted by molar-refractivity contribution is -0.121. The van der Waals surface area contributed by atoms with Crippen LogP contribution in [0.15, 0.2) is 0 Å². The lowest BCUT2D eigenvalue weighted by Gasteiger charge is -2.07. The molecule has 0 aliphatic rings. The minimum Gasteiger partial charge on any atom is -0.396 e. The van der Waals surface area contributed by atoms with Gasteiger partial charge in [-0.25, -0.2) is 0 Å². The van der Waals surface area contributed by atoms with Crippen molar-refractivity contribution in [2.45, 2.75) is 44.9 Å². The van der Waals surface area contributed by atoms with E-state index in [0.717, 1.165) is 38.5 Å². The van der Waals surface area contributed by atoms with E-state index >= 15 is 0 Å². The fraction of sp³-hybridized carbons (Fsp3) is 0.941. The number of hydrogen-bond acceptors (Lipinski definition) is 6. The van der Waals surface area contributed by atoms with Crippen molar-refractivity contribution in [3.63, 3.8) is 0 Å². The fourth-order valence-electron chi connectivity index (χ4n) is 2.08. The Morgan fingerprint density at radius 2 is 1.33 bits per heavy atom. The average molecular weight is 348 g/mol. The molecule has 4 N–H and O–H groups in total. The Kier molecular flexibility index (Phi) is 19.7. The zero-order valence-corrected chi connectivity index (χ0v) is 15.0. The lowest BCUT2D eigenvalue weighted by atomic mass is 10.1. The van der Waals surface area contributed by atoms with E-state index in [2.05, 4.69) is 5.32 Å². The average Bonchev–Trinajstić information content (AvgIpc) is 2.59. The number of aliphatic hydroxyl groups excluding tert-OH is 1. The quantitative estimate of drug-likeness (QED) is 0.299. The summed E-state index contributed by atoms with van der Waals surface area (Å²) in [4.78, 5) is 11.6. The molecule has 0 saturated heterocycles. The molecule has 7 nitrogen and oxygen atoms in total. The fourth-order valence-corrected chi connectivity index (χ4v) is 2.08. The van der Waals surface area contributed by atoms with Crippen molar-refractivity contribution in [1.29, 1.82) is 0 Å². The minimum atomic E-state index is 0.0854. The van der Waals surface area contributed by atoms with Gasteiger partial charge in [-0.15, -0.1) is 0 Å². The van der Waals surface area contributed by atoms with Gasteiger partial charge in [-0.3, -0.25) is 4.79 Å². The molecule has 0 heterocycles. The van der Waals surface area contributed by atoms with Crippen molar-refractivity contribution < 1.29 is 24.1 Å². The first-order valence-corrected chi connectivity index (χ1v) is 9.12. The molecular weight excluding hydrogens is 312 g/mol. The molecule has 0 aliphatic carbocycles. The summed E-state index contributed by atoms with van der Waals surface area (Å²) in [5.74, 6) is 0.0854. The Balaban J connectivity index is 3.12. The van der Waals surface area contributed by atoms with Crippen molar-refractivity contribution in [1.82, 2.24) is 5.32 Å². The largest absolute Gasteiger partial charge is 0.396 e. The third-order valence-electron chi connectivity index (χ3n) is 3.39. The highest BCUT2D eigenvalue weighted by atomic mass is 16.5. The zero-order chi connectivity index (χ0) is 17.7. The number of nitrogens with two attached hydrogens (primary N) is 1. The van der Waals surface area contributed by atoms with E-state index in [1.807, 2.05) is 0 Å². The summed E-state index contributed by atoms with van der Waals surface area (Å²) in [5, 5.41) is 11.5. The number of rotatable bonds is 19. The first kappa shape index (κ1) is 23.3. The van der Waals surface area contributed by atoms with E-state index in [4.69, 9.17) is 25.1 Å². The molecule has 0 aliphatic heterocycles. The normalized spacial score (nSPS) is 10.9. The van der Waals surface area contributed by atoms with Crippen LogP contribution in [-0.4, -0.2) is 70.4 Å². The number of ether oxygens (including phenoxy) is 3. The maximum atomic E-state index is 11.6. The first-order chi connectivity index (χ1) is 11.8. The molecule has 0 atom stereocenters. The van der Waals surface area contributed by atoms with Crippen LogP contribution in [0.5, 0.6) is 0 Å². The second kappa shape index (κ2) is 20.3. The van der Waals surface area contributed by atoms with Crippen LogP contribution >= 0.6 is 0 Å². The maximum absolute atomic E-state index is 11.6. The molecule has 1 amide bonds. The summed E-state index contributed by atoms with van der Waals surface area (Å²) in [6, 6.07) is 0. The highest BCUT2D eigenvalue weighted by Gasteiger charge is 2.00. The van der Waals surface area contributed by atoms with E-state index in [0.29, 0.717) is 59.2 Å². The van der Waals surface area contributed by atoms with E-state index < -0.39 is 0 Å². The van der Waals surface area contributed by atoms with Gasteiger partial charge in [-0.05, 0) is 12.8 Å². The Morgan fingerprint density at radius 1 is 0.792 bits per heavy atom. The van der Waals surface area contributed by atoms with Gasteiger partial charge in [0.15, 0.2) is 0 Å². The van der Waals surface area contributed by atoms with Gasteiger partial charge in [0.2, 0.25) is 5.91 Å². The second-order valence-corrected chi connectivity index (χ2v) is 5.57. The molecule has 0 aromatic heterocycles. The van der Waals surface area contributed by atoms with Gasteiger partial charge in [0.25, 0.3) is 0 Å². The number of hydrogen-bond donors (Lipinski definition) is 3. The van der Waals surface area contributed by atoms with Crippen molar-refractivity contribution in [3.05, 3.63) is 0 Å². The lowest BCUT2D eigenvalue weighted by Crippen LogP contribution is -2.27. The topological polar surface area (TPSA) is 103 Å². The van der Waals surface area contributed by atoms with E-state index in [1.165, 1.54) is 0 Å². The van der Waals surface area contributed by atoms with Crippen LogP contribution in [0.25, 0.3) is 0 Å². The van der Waals surface area contributed by atoms with Gasteiger partial charge in [0.1, 0.15) is 0 Å². The van der Waals surface area contributed by atoms with E-state index in [1.54, 1.807) is 0 Å². The number of unbranched alkanes of at least 4 members (excludes halogenated alkanes) is 5. The summed E-state index contributed by atoms with van der Waals surface area (Å²) < 4.78 is 15.9. The van der Waals surface area contributed by atoms with Crippen LogP contribution in [0.2, 0.25) is 0 Å². The molecule has 0 rings (SSSR count). The summed E-state index contributed by atoms with van der Waals surface area (Å²) in [5.41, 5.74) is 5.29. The molecule has 7 heteroatoms. The van der Waals surface area contributed by atoms with Gasteiger partial charge in [0.05, 0.1) is 39.6 Å². The molecule has 0 fully saturated rings. The van der Waals surface area contributed by atoms with Crippen molar-refractivity contribution in [3.8, 4) is 0 Å². The van der Waals surface area contributed by atoms with Crippen molar-refractivity contribution in [2.24, 2.45) is 5.73 Å². The predicted molar refractivity (Wildman–Crippen MR) is 93.9 cm³/mol. The van der Waals surface area contributed by atoms with Crippen LogP contribution in [0.4, 0.5) is 0 Å². The number of carbonyl (C=O) groups excluding carboxylic acids is 1. The molecule has 0 bridgehead atoms. The number of carbonyl (C=O) groups is 1. The van der Waals surface area contributed by atoms with Crippen LogP contribution < -0.4 is 11.1 Å². The molecule has 144 valence electrons.